The molecular formula is C17H20N2OS. The molecule has 2 rings (SSSR count). The van der Waals surface area contributed by atoms with E-state index in [1.807, 2.05) is 37.3 Å². The largest absolute Gasteiger partial charge is 0.352 e. The number of aromatic nitrogens is 1. The molecule has 3 nitrogen and oxygen atoms in total. The van der Waals surface area contributed by atoms with Crippen molar-refractivity contribution in [2.24, 2.45) is 0 Å². The molecule has 110 valence electrons. The van der Waals surface area contributed by atoms with Crippen LogP contribution in [-0.4, -0.2) is 22.7 Å². The molecule has 0 unspecified atom stereocenters. The zero-order valence-corrected chi connectivity index (χ0v) is 13.1. The molecule has 0 aliphatic carbocycles. The second-order valence-corrected chi connectivity index (χ2v) is 6.08. The van der Waals surface area contributed by atoms with E-state index in [4.69, 9.17) is 0 Å². The van der Waals surface area contributed by atoms with E-state index < -0.39 is 0 Å². The number of nitrogens with one attached hydrogen (secondary N) is 1. The number of pyridine rings is 1. The van der Waals surface area contributed by atoms with Crippen LogP contribution in [0.4, 0.5) is 0 Å². The monoisotopic (exact) mass is 300 g/mol. The fourth-order valence-electron chi connectivity index (χ4n) is 2.05. The molecule has 0 radical (unpaired) electrons. The molecule has 0 fully saturated rings. The molecule has 0 saturated carbocycles. The van der Waals surface area contributed by atoms with E-state index in [0.29, 0.717) is 11.7 Å². The number of carbonyl (C=O) groups excluding carboxylic acids is 1. The first-order valence-corrected chi connectivity index (χ1v) is 8.02. The third-order valence-corrected chi connectivity index (χ3v) is 4.50. The van der Waals surface area contributed by atoms with Crippen LogP contribution in [0, 0.1) is 0 Å². The van der Waals surface area contributed by atoms with Crippen molar-refractivity contribution < 1.29 is 4.79 Å². The molecule has 2 atom stereocenters. The first kappa shape index (κ1) is 15.6. The molecule has 0 saturated heterocycles. The summed E-state index contributed by atoms with van der Waals surface area (Å²) in [6, 6.07) is 14.2. The quantitative estimate of drug-likeness (QED) is 0.830. The Balaban J connectivity index is 1.82. The van der Waals surface area contributed by atoms with Crippen LogP contribution >= 0.6 is 11.8 Å². The number of amides is 1. The molecular weight excluding hydrogens is 280 g/mol. The van der Waals surface area contributed by atoms with Crippen molar-refractivity contribution >= 4 is 17.7 Å². The number of hydrogen-bond acceptors (Lipinski definition) is 3. The highest BCUT2D eigenvalue weighted by Crippen LogP contribution is 2.19. The molecule has 1 aromatic carbocycles. The second kappa shape index (κ2) is 7.84. The molecule has 4 heteroatoms. The van der Waals surface area contributed by atoms with Gasteiger partial charge in [-0.1, -0.05) is 37.3 Å². The number of hydrogen-bond donors (Lipinski definition) is 1. The Bertz CT molecular complexity index is 560. The summed E-state index contributed by atoms with van der Waals surface area (Å²) in [5, 5.41) is 3.07. The van der Waals surface area contributed by atoms with Crippen LogP contribution in [0.25, 0.3) is 0 Å². The van der Waals surface area contributed by atoms with Gasteiger partial charge in [0.25, 0.3) is 0 Å². The van der Waals surface area contributed by atoms with Crippen molar-refractivity contribution in [1.82, 2.24) is 10.3 Å². The Labute approximate surface area is 130 Å². The third kappa shape index (κ3) is 4.90. The van der Waals surface area contributed by atoms with Crippen LogP contribution in [-0.2, 0) is 4.79 Å². The molecule has 0 aliphatic rings. The first-order chi connectivity index (χ1) is 10.2. The summed E-state index contributed by atoms with van der Waals surface area (Å²) in [4.78, 5) is 17.0. The smallest absolute Gasteiger partial charge is 0.230 e. The molecule has 0 bridgehead atoms. The zero-order valence-electron chi connectivity index (χ0n) is 12.3. The lowest BCUT2D eigenvalue weighted by Gasteiger charge is -2.21. The number of thioether (sulfide) groups is 1. The predicted molar refractivity (Wildman–Crippen MR) is 87.4 cm³/mol. The summed E-state index contributed by atoms with van der Waals surface area (Å²) in [7, 11) is 0. The average Bonchev–Trinajstić information content (AvgIpc) is 2.54. The van der Waals surface area contributed by atoms with Gasteiger partial charge in [-0.25, -0.2) is 0 Å². The number of rotatable bonds is 6. The van der Waals surface area contributed by atoms with Crippen molar-refractivity contribution in [1.29, 1.82) is 0 Å². The van der Waals surface area contributed by atoms with E-state index in [1.165, 1.54) is 17.3 Å². The van der Waals surface area contributed by atoms with Crippen LogP contribution in [0.3, 0.4) is 0 Å². The van der Waals surface area contributed by atoms with Crippen LogP contribution in [0.2, 0.25) is 0 Å². The molecule has 1 N–H and O–H groups in total. The zero-order chi connectivity index (χ0) is 15.1. The molecule has 21 heavy (non-hydrogen) atoms. The van der Waals surface area contributed by atoms with Gasteiger partial charge in [-0.15, -0.1) is 11.8 Å². The van der Waals surface area contributed by atoms with E-state index >= 15 is 0 Å². The van der Waals surface area contributed by atoms with Crippen LogP contribution in [0.5, 0.6) is 0 Å². The molecule has 1 aromatic heterocycles. The maximum atomic E-state index is 12.0. The number of nitrogens with zero attached hydrogens (tertiary/aromatic N) is 1. The van der Waals surface area contributed by atoms with Gasteiger partial charge in [0.05, 0.1) is 5.75 Å². The molecule has 0 aliphatic heterocycles. The lowest BCUT2D eigenvalue weighted by molar-refractivity contribution is -0.119. The molecule has 2 aromatic rings. The highest BCUT2D eigenvalue weighted by Gasteiger charge is 2.16. The summed E-state index contributed by atoms with van der Waals surface area (Å²) in [5.41, 5.74) is 1.24. The van der Waals surface area contributed by atoms with E-state index in [9.17, 15) is 4.79 Å². The van der Waals surface area contributed by atoms with Crippen molar-refractivity contribution in [3.63, 3.8) is 0 Å². The standard InChI is InChI=1S/C17H20N2OS/c1-13(15-6-4-3-5-7-15)14(2)19-17(20)12-21-16-8-10-18-11-9-16/h3-11,13-14H,12H2,1-2H3,(H,19,20)/t13-,14+/m0/s1. The maximum absolute atomic E-state index is 12.0. The van der Waals surface area contributed by atoms with Gasteiger partial charge in [-0.05, 0) is 24.6 Å². The third-order valence-electron chi connectivity index (χ3n) is 3.48. The predicted octanol–water partition coefficient (Wildman–Crippen LogP) is 3.48. The molecule has 1 heterocycles. The van der Waals surface area contributed by atoms with Crippen LogP contribution in [0.1, 0.15) is 25.3 Å². The van der Waals surface area contributed by atoms with Gasteiger partial charge in [-0.2, -0.15) is 0 Å². The van der Waals surface area contributed by atoms with Gasteiger partial charge in [0.15, 0.2) is 0 Å². The highest BCUT2D eigenvalue weighted by atomic mass is 32.2. The Morgan fingerprint density at radius 3 is 2.48 bits per heavy atom. The summed E-state index contributed by atoms with van der Waals surface area (Å²) < 4.78 is 0. The Hall–Kier alpha value is -1.81. The second-order valence-electron chi connectivity index (χ2n) is 5.03. The van der Waals surface area contributed by atoms with Gasteiger partial charge in [0, 0.05) is 29.2 Å². The van der Waals surface area contributed by atoms with E-state index in [0.717, 1.165) is 4.90 Å². The van der Waals surface area contributed by atoms with Gasteiger partial charge >= 0.3 is 0 Å². The minimum absolute atomic E-state index is 0.0621. The van der Waals surface area contributed by atoms with Crippen molar-refractivity contribution in [3.05, 3.63) is 60.4 Å². The minimum atomic E-state index is 0.0621. The topological polar surface area (TPSA) is 42.0 Å². The van der Waals surface area contributed by atoms with Crippen molar-refractivity contribution in [3.8, 4) is 0 Å². The highest BCUT2D eigenvalue weighted by molar-refractivity contribution is 8.00. The Kier molecular flexibility index (Phi) is 5.81. The fourth-order valence-corrected chi connectivity index (χ4v) is 2.74. The SMILES string of the molecule is C[C@H](c1ccccc1)[C@@H](C)NC(=O)CSc1ccncc1. The molecule has 1 amide bonds. The summed E-state index contributed by atoms with van der Waals surface area (Å²) in [6.07, 6.45) is 3.47. The van der Waals surface area contributed by atoms with Gasteiger partial charge in [-0.3, -0.25) is 9.78 Å². The van der Waals surface area contributed by atoms with E-state index in [2.05, 4.69) is 29.4 Å². The lowest BCUT2D eigenvalue weighted by Crippen LogP contribution is -2.37. The van der Waals surface area contributed by atoms with Crippen LogP contribution in [0.15, 0.2) is 59.8 Å². The lowest BCUT2D eigenvalue weighted by atomic mass is 9.94. The Morgan fingerprint density at radius 2 is 1.81 bits per heavy atom. The van der Waals surface area contributed by atoms with Crippen molar-refractivity contribution in [2.45, 2.75) is 30.7 Å². The fraction of sp³-hybridized carbons (Fsp3) is 0.294. The Morgan fingerprint density at radius 1 is 1.14 bits per heavy atom. The van der Waals surface area contributed by atoms with Crippen LogP contribution < -0.4 is 5.32 Å². The van der Waals surface area contributed by atoms with Crippen molar-refractivity contribution in [2.75, 3.05) is 5.75 Å². The molecule has 0 spiro atoms. The van der Waals surface area contributed by atoms with Gasteiger partial charge in [0.2, 0.25) is 5.91 Å². The average molecular weight is 300 g/mol. The van der Waals surface area contributed by atoms with Gasteiger partial charge in [0.1, 0.15) is 0 Å². The number of carbonyl (C=O) groups is 1. The van der Waals surface area contributed by atoms with E-state index in [1.54, 1.807) is 12.4 Å². The summed E-state index contributed by atoms with van der Waals surface area (Å²) in [6.45, 7) is 4.18. The minimum Gasteiger partial charge on any atom is -0.352 e. The van der Waals surface area contributed by atoms with Gasteiger partial charge < -0.3 is 5.32 Å². The van der Waals surface area contributed by atoms with E-state index in [-0.39, 0.29) is 11.9 Å². The summed E-state index contributed by atoms with van der Waals surface area (Å²) >= 11 is 1.53. The normalized spacial score (nSPS) is 13.4. The summed E-state index contributed by atoms with van der Waals surface area (Å²) in [5.74, 6) is 0.781. The first-order valence-electron chi connectivity index (χ1n) is 7.04. The maximum Gasteiger partial charge on any atom is 0.230 e. The number of benzene rings is 1.